The van der Waals surface area contributed by atoms with E-state index < -0.39 is 6.09 Å². The summed E-state index contributed by atoms with van der Waals surface area (Å²) in [6.07, 6.45) is -0.543. The van der Waals surface area contributed by atoms with Gasteiger partial charge in [-0.1, -0.05) is 68.2 Å². The number of thioether (sulfide) groups is 1. The third-order valence-corrected chi connectivity index (χ3v) is 4.83. The Balaban J connectivity index is 2.75. The molecule has 138 valence electrons. The van der Waals surface area contributed by atoms with Crippen LogP contribution in [0.3, 0.4) is 0 Å². The zero-order chi connectivity index (χ0) is 18.7. The fourth-order valence-electron chi connectivity index (χ4n) is 1.90. The van der Waals surface area contributed by atoms with Crippen LogP contribution in [0, 0.1) is 5.92 Å². The second-order valence-corrected chi connectivity index (χ2v) is 7.36. The highest BCUT2D eigenvalue weighted by Gasteiger charge is 2.11. The van der Waals surface area contributed by atoms with Gasteiger partial charge in [-0.15, -0.1) is 0 Å². The average Bonchev–Trinajstić information content (AvgIpc) is 2.61. The number of ether oxygens (including phenoxy) is 1. The van der Waals surface area contributed by atoms with E-state index in [0.717, 1.165) is 28.7 Å². The van der Waals surface area contributed by atoms with Gasteiger partial charge in [0.05, 0.1) is 12.3 Å². The van der Waals surface area contributed by atoms with Gasteiger partial charge in [-0.2, -0.15) is 5.10 Å². The quantitative estimate of drug-likeness (QED) is 0.417. The highest BCUT2D eigenvalue weighted by Crippen LogP contribution is 2.13. The van der Waals surface area contributed by atoms with Gasteiger partial charge >= 0.3 is 6.09 Å². The molecule has 7 heteroatoms. The van der Waals surface area contributed by atoms with Crippen LogP contribution in [0.4, 0.5) is 4.79 Å². The van der Waals surface area contributed by atoms with Crippen molar-refractivity contribution in [3.05, 3.63) is 35.9 Å². The molecule has 0 saturated heterocycles. The molecular formula is C18H27N3O2S2. The lowest BCUT2D eigenvalue weighted by atomic mass is 10.1. The number of hydrogen-bond donors (Lipinski definition) is 1. The number of nitrogens with zero attached hydrogens (tertiary/aromatic N) is 2. The molecule has 0 bridgehead atoms. The normalized spacial score (nSPS) is 11.3. The topological polar surface area (TPSA) is 53.9 Å². The smallest absolute Gasteiger partial charge is 0.427 e. The van der Waals surface area contributed by atoms with Gasteiger partial charge in [-0.3, -0.25) is 0 Å². The molecule has 1 rings (SSSR count). The predicted octanol–water partition coefficient (Wildman–Crippen LogP) is 4.13. The molecule has 0 saturated carbocycles. The summed E-state index contributed by atoms with van der Waals surface area (Å²) in [7, 11) is 0. The summed E-state index contributed by atoms with van der Waals surface area (Å²) in [5, 5.41) is 4.25. The van der Waals surface area contributed by atoms with Gasteiger partial charge in [0.15, 0.2) is 0 Å². The van der Waals surface area contributed by atoms with Crippen LogP contribution in [-0.4, -0.2) is 46.5 Å². The van der Waals surface area contributed by atoms with E-state index in [1.807, 2.05) is 44.2 Å². The molecule has 0 radical (unpaired) electrons. The highest BCUT2D eigenvalue weighted by atomic mass is 32.2. The van der Waals surface area contributed by atoms with Crippen molar-refractivity contribution >= 4 is 40.1 Å². The van der Waals surface area contributed by atoms with Crippen molar-refractivity contribution in [3.8, 4) is 0 Å². The minimum Gasteiger partial charge on any atom is -0.448 e. The van der Waals surface area contributed by atoms with Crippen LogP contribution in [0.15, 0.2) is 35.4 Å². The molecule has 0 aromatic heterocycles. The zero-order valence-electron chi connectivity index (χ0n) is 15.3. The number of thiocarbonyl (C=S) groups is 1. The number of nitrogens with one attached hydrogen (secondary N) is 1. The highest BCUT2D eigenvalue weighted by molar-refractivity contribution is 8.23. The molecule has 0 unspecified atom stereocenters. The van der Waals surface area contributed by atoms with Crippen LogP contribution >= 0.6 is 24.0 Å². The van der Waals surface area contributed by atoms with E-state index in [1.165, 1.54) is 0 Å². The lowest BCUT2D eigenvalue weighted by Gasteiger charge is -2.21. The molecule has 1 N–H and O–H groups in total. The molecule has 1 aromatic rings. The molecule has 5 nitrogen and oxygen atoms in total. The van der Waals surface area contributed by atoms with E-state index in [9.17, 15) is 4.79 Å². The van der Waals surface area contributed by atoms with Crippen LogP contribution in [0.25, 0.3) is 0 Å². The number of benzene rings is 1. The first kappa shape index (κ1) is 21.4. The third kappa shape index (κ3) is 8.36. The van der Waals surface area contributed by atoms with E-state index in [-0.39, 0.29) is 5.92 Å². The summed E-state index contributed by atoms with van der Waals surface area (Å²) < 4.78 is 5.92. The standard InChI is InChI=1S/C18H27N3O2S2/c1-5-21(6-2)18(24)25-13-16(15-10-8-7-9-11-15)19-20-17(22)23-12-14(3)4/h7-11,14H,5-6,12-13H2,1-4H3,(H,20,22). The summed E-state index contributed by atoms with van der Waals surface area (Å²) in [4.78, 5) is 13.9. The molecule has 0 heterocycles. The molecule has 0 aliphatic rings. The fourth-order valence-corrected chi connectivity index (χ4v) is 3.27. The Labute approximate surface area is 160 Å². The molecule has 0 fully saturated rings. The number of hydrazone groups is 1. The molecule has 1 aromatic carbocycles. The minimum absolute atomic E-state index is 0.283. The summed E-state index contributed by atoms with van der Waals surface area (Å²) in [5.74, 6) is 0.856. The number of amides is 1. The van der Waals surface area contributed by atoms with Crippen molar-refractivity contribution < 1.29 is 9.53 Å². The third-order valence-electron chi connectivity index (χ3n) is 3.29. The molecular weight excluding hydrogens is 354 g/mol. The molecule has 0 aliphatic heterocycles. The number of carbonyl (C=O) groups is 1. The van der Waals surface area contributed by atoms with E-state index in [2.05, 4.69) is 29.3 Å². The van der Waals surface area contributed by atoms with Crippen LogP contribution in [-0.2, 0) is 4.74 Å². The van der Waals surface area contributed by atoms with Crippen molar-refractivity contribution in [1.29, 1.82) is 0 Å². The Hall–Kier alpha value is -1.60. The average molecular weight is 382 g/mol. The maximum absolute atomic E-state index is 11.7. The Morgan fingerprint density at radius 1 is 1.28 bits per heavy atom. The summed E-state index contributed by atoms with van der Waals surface area (Å²) in [6, 6.07) is 9.74. The van der Waals surface area contributed by atoms with Crippen molar-refractivity contribution in [2.75, 3.05) is 25.4 Å². The van der Waals surface area contributed by atoms with Gasteiger partial charge in [-0.05, 0) is 25.3 Å². The maximum atomic E-state index is 11.7. The Bertz CT molecular complexity index is 573. The first-order chi connectivity index (χ1) is 12.0. The fraction of sp³-hybridized carbons (Fsp3) is 0.500. The second-order valence-electron chi connectivity index (χ2n) is 5.76. The second kappa shape index (κ2) is 11.9. The first-order valence-corrected chi connectivity index (χ1v) is 9.83. The van der Waals surface area contributed by atoms with Crippen molar-refractivity contribution in [2.45, 2.75) is 27.7 Å². The predicted molar refractivity (Wildman–Crippen MR) is 110 cm³/mol. The van der Waals surface area contributed by atoms with Crippen LogP contribution < -0.4 is 5.43 Å². The van der Waals surface area contributed by atoms with E-state index in [0.29, 0.717) is 12.4 Å². The van der Waals surface area contributed by atoms with E-state index >= 15 is 0 Å². The largest absolute Gasteiger partial charge is 0.448 e. The van der Waals surface area contributed by atoms with Crippen LogP contribution in [0.5, 0.6) is 0 Å². The van der Waals surface area contributed by atoms with Crippen LogP contribution in [0.2, 0.25) is 0 Å². The van der Waals surface area contributed by atoms with Crippen molar-refractivity contribution in [1.82, 2.24) is 10.3 Å². The lowest BCUT2D eigenvalue weighted by Crippen LogP contribution is -2.28. The van der Waals surface area contributed by atoms with Gasteiger partial charge in [0.1, 0.15) is 4.32 Å². The molecule has 1 amide bonds. The van der Waals surface area contributed by atoms with Gasteiger partial charge < -0.3 is 9.64 Å². The van der Waals surface area contributed by atoms with E-state index in [4.69, 9.17) is 17.0 Å². The number of rotatable bonds is 8. The summed E-state index contributed by atoms with van der Waals surface area (Å²) in [5.41, 5.74) is 4.17. The van der Waals surface area contributed by atoms with Crippen molar-refractivity contribution in [3.63, 3.8) is 0 Å². The molecule has 0 spiro atoms. The van der Waals surface area contributed by atoms with Crippen molar-refractivity contribution in [2.24, 2.45) is 11.0 Å². The number of hydrogen-bond acceptors (Lipinski definition) is 5. The Kier molecular flexibility index (Phi) is 10.2. The Morgan fingerprint density at radius 3 is 2.48 bits per heavy atom. The monoisotopic (exact) mass is 381 g/mol. The molecule has 0 aliphatic carbocycles. The number of carbonyl (C=O) groups excluding carboxylic acids is 1. The van der Waals surface area contributed by atoms with Gasteiger partial charge in [0, 0.05) is 18.8 Å². The lowest BCUT2D eigenvalue weighted by molar-refractivity contribution is 0.133. The van der Waals surface area contributed by atoms with Gasteiger partial charge in [0.25, 0.3) is 0 Å². The van der Waals surface area contributed by atoms with Crippen LogP contribution in [0.1, 0.15) is 33.3 Å². The van der Waals surface area contributed by atoms with E-state index in [1.54, 1.807) is 11.8 Å². The summed E-state index contributed by atoms with van der Waals surface area (Å²) >= 11 is 7.01. The molecule has 0 atom stereocenters. The minimum atomic E-state index is -0.543. The van der Waals surface area contributed by atoms with Gasteiger partial charge in [-0.25, -0.2) is 10.2 Å². The SMILES string of the molecule is CCN(CC)C(=S)SCC(=NNC(=O)OCC(C)C)c1ccccc1. The Morgan fingerprint density at radius 2 is 1.92 bits per heavy atom. The first-order valence-electron chi connectivity index (χ1n) is 8.44. The molecule has 25 heavy (non-hydrogen) atoms. The summed E-state index contributed by atoms with van der Waals surface area (Å²) in [6.45, 7) is 10.2. The van der Waals surface area contributed by atoms with Gasteiger partial charge in [0.2, 0.25) is 0 Å². The zero-order valence-corrected chi connectivity index (χ0v) is 17.0. The maximum Gasteiger partial charge on any atom is 0.427 e.